The zero-order valence-electron chi connectivity index (χ0n) is 29.0. The molecule has 4 amide bonds. The molecule has 1 aromatic carbocycles. The number of hydrogen-bond acceptors (Lipinski definition) is 8. The molecule has 13 heteroatoms. The monoisotopic (exact) mass is 708 g/mol. The Labute approximate surface area is 294 Å². The van der Waals surface area contributed by atoms with E-state index in [1.807, 2.05) is 30.3 Å². The lowest BCUT2D eigenvalue weighted by atomic mass is 9.85. The molecule has 3 fully saturated rings. The molecule has 1 saturated heterocycles. The van der Waals surface area contributed by atoms with Gasteiger partial charge in [-0.1, -0.05) is 69.0 Å². The molecule has 3 N–H and O–H groups in total. The minimum Gasteiger partial charge on any atom is -0.450 e. The lowest BCUT2D eigenvalue weighted by molar-refractivity contribution is -0.143. The quantitative estimate of drug-likeness (QED) is 0.300. The summed E-state index contributed by atoms with van der Waals surface area (Å²) in [6.45, 7) is 9.42. The number of fused-ring (bicyclic) bond motifs is 3. The summed E-state index contributed by atoms with van der Waals surface area (Å²) in [5.41, 5.74) is -0.456. The summed E-state index contributed by atoms with van der Waals surface area (Å²) in [6.07, 6.45) is 8.82. The zero-order valence-corrected chi connectivity index (χ0v) is 29.9. The average Bonchev–Trinajstić information content (AvgIpc) is 3.99. The Bertz CT molecular complexity index is 1690. The summed E-state index contributed by atoms with van der Waals surface area (Å²) in [5, 5.41) is 4.88. The number of sulfonamides is 1. The van der Waals surface area contributed by atoms with Crippen LogP contribution in [0.2, 0.25) is 0 Å². The van der Waals surface area contributed by atoms with E-state index in [-0.39, 0.29) is 32.6 Å². The molecule has 2 aliphatic heterocycles. The van der Waals surface area contributed by atoms with Gasteiger partial charge in [0, 0.05) is 24.4 Å². The van der Waals surface area contributed by atoms with Crippen molar-refractivity contribution in [2.75, 3.05) is 19.8 Å². The van der Waals surface area contributed by atoms with Gasteiger partial charge in [-0.25, -0.2) is 13.2 Å². The van der Waals surface area contributed by atoms with E-state index >= 15 is 0 Å². The summed E-state index contributed by atoms with van der Waals surface area (Å²) in [5.74, 6) is 3.76. The highest BCUT2D eigenvalue weighted by Crippen LogP contribution is 2.45. The van der Waals surface area contributed by atoms with Crippen molar-refractivity contribution in [2.24, 2.45) is 11.3 Å². The van der Waals surface area contributed by atoms with Crippen LogP contribution in [0, 0.1) is 23.2 Å². The van der Waals surface area contributed by atoms with Gasteiger partial charge < -0.3 is 25.0 Å². The molecule has 0 spiro atoms. The van der Waals surface area contributed by atoms with E-state index in [4.69, 9.17) is 9.47 Å². The van der Waals surface area contributed by atoms with Crippen molar-refractivity contribution >= 4 is 39.9 Å². The van der Waals surface area contributed by atoms with Crippen LogP contribution in [0.15, 0.2) is 43.0 Å². The first-order chi connectivity index (χ1) is 23.7. The number of allylic oxidation sites excluding steroid dienone is 1. The van der Waals surface area contributed by atoms with E-state index in [0.717, 1.165) is 30.4 Å². The topological polar surface area (TPSA) is 160 Å². The number of carbonyl (C=O) groups is 4. The van der Waals surface area contributed by atoms with Crippen molar-refractivity contribution in [1.82, 2.24) is 20.3 Å². The third kappa shape index (κ3) is 8.95. The summed E-state index contributed by atoms with van der Waals surface area (Å²) in [4.78, 5) is 56.0. The maximum atomic E-state index is 14.3. The molecule has 2 aliphatic carbocycles. The van der Waals surface area contributed by atoms with Crippen LogP contribution >= 0.6 is 0 Å². The largest absolute Gasteiger partial charge is 0.450 e. The van der Waals surface area contributed by atoms with Gasteiger partial charge in [0.1, 0.15) is 24.2 Å². The van der Waals surface area contributed by atoms with E-state index in [9.17, 15) is 27.6 Å². The Kier molecular flexibility index (Phi) is 11.4. The second-order valence-corrected chi connectivity index (χ2v) is 16.5. The molecule has 0 radical (unpaired) electrons. The molecule has 4 aliphatic rings. The lowest BCUT2D eigenvalue weighted by Gasteiger charge is -2.35. The number of carbonyl (C=O) groups excluding carboxylic acids is 4. The van der Waals surface area contributed by atoms with Gasteiger partial charge in [0.05, 0.1) is 18.0 Å². The van der Waals surface area contributed by atoms with Crippen LogP contribution in [0.1, 0.15) is 83.3 Å². The van der Waals surface area contributed by atoms with Gasteiger partial charge >= 0.3 is 6.09 Å². The Balaban J connectivity index is 1.40. The van der Waals surface area contributed by atoms with Crippen molar-refractivity contribution in [2.45, 2.75) is 101 Å². The summed E-state index contributed by atoms with van der Waals surface area (Å²) in [7, 11) is -3.87. The van der Waals surface area contributed by atoms with Crippen molar-refractivity contribution < 1.29 is 37.1 Å². The standard InChI is InChI=1S/C37H48N4O8S/c1-5-27-23-37(27,34(44)40-50(46,47)29-18-19-29)39-32(42)30-22-28-24-41(30)33(43)31(36(2,3)4)38-35(45)49-20-12-8-6-7-9-14-25-15-10-11-16-26(25)17-13-21-48-28/h5,9-11,14-16,27-31H,1,6-8,12,18-24H2,2-4H3,(H,38,45)(H,39,42)(H,40,44)/b14-9+/t27-,28+,30-,31+,37+/m0/s1. The molecule has 1 aromatic rings. The van der Waals surface area contributed by atoms with Gasteiger partial charge in [0.2, 0.25) is 21.8 Å². The van der Waals surface area contributed by atoms with Gasteiger partial charge in [0.25, 0.3) is 5.91 Å². The molecule has 0 aromatic heterocycles. The van der Waals surface area contributed by atoms with Crippen LogP contribution < -0.4 is 15.4 Å². The van der Waals surface area contributed by atoms with Crippen LogP contribution in [0.4, 0.5) is 4.79 Å². The molecule has 5 atom stereocenters. The first kappa shape index (κ1) is 37.1. The van der Waals surface area contributed by atoms with E-state index in [1.165, 1.54) is 11.0 Å². The molecule has 12 nitrogen and oxygen atoms in total. The minimum absolute atomic E-state index is 0.0291. The van der Waals surface area contributed by atoms with Gasteiger partial charge in [-0.05, 0) is 62.0 Å². The highest BCUT2D eigenvalue weighted by molar-refractivity contribution is 7.91. The number of nitrogens with zero attached hydrogens (tertiary/aromatic N) is 1. The van der Waals surface area contributed by atoms with Crippen LogP contribution in [-0.4, -0.2) is 85.9 Å². The number of alkyl carbamates (subject to hydrolysis) is 1. The first-order valence-electron chi connectivity index (χ1n) is 17.4. The van der Waals surface area contributed by atoms with Gasteiger partial charge in [-0.2, -0.15) is 0 Å². The molecule has 50 heavy (non-hydrogen) atoms. The van der Waals surface area contributed by atoms with E-state index in [2.05, 4.69) is 39.9 Å². The predicted molar refractivity (Wildman–Crippen MR) is 188 cm³/mol. The highest BCUT2D eigenvalue weighted by Gasteiger charge is 2.62. The van der Waals surface area contributed by atoms with Crippen molar-refractivity contribution in [3.63, 3.8) is 0 Å². The molecule has 0 unspecified atom stereocenters. The maximum Gasteiger partial charge on any atom is 0.407 e. The number of ether oxygens (including phenoxy) is 2. The van der Waals surface area contributed by atoms with E-state index in [1.54, 1.807) is 20.8 Å². The first-order valence-corrected chi connectivity index (χ1v) is 18.9. The average molecular weight is 709 g/mol. The van der Waals surface area contributed by atoms with Crippen molar-refractivity contribution in [3.05, 3.63) is 54.1 Å². The summed E-state index contributed by atoms with van der Waals surface area (Å²) < 4.78 is 38.9. The van der Waals surface area contributed by atoms with Crippen LogP contribution in [0.5, 0.6) is 0 Å². The smallest absolute Gasteiger partial charge is 0.407 e. The molecular formula is C37H48N4O8S. The third-order valence-electron chi connectivity index (χ3n) is 9.59. The second kappa shape index (κ2) is 15.4. The van der Waals surface area contributed by atoms with Gasteiger partial charge in [-0.3, -0.25) is 19.1 Å². The Morgan fingerprint density at radius 2 is 1.90 bits per heavy atom. The number of amides is 4. The SMILES string of the molecule is C=C[C@H]1C[C@]1(NC(=O)[C@@H]1C[C@@H]2CN1C(=O)[C@H](C(C)(C)C)NC(=O)OCCCCC/C=C/c1ccccc1C#CCO2)C(=O)NS(=O)(=O)C1CC1. The Morgan fingerprint density at radius 3 is 2.60 bits per heavy atom. The normalized spacial score (nSPS) is 28.7. The summed E-state index contributed by atoms with van der Waals surface area (Å²) in [6, 6.07) is 5.65. The van der Waals surface area contributed by atoms with Crippen LogP contribution in [-0.2, 0) is 33.9 Å². The number of nitrogens with one attached hydrogen (secondary N) is 3. The number of hydrogen-bond donors (Lipinski definition) is 3. The lowest BCUT2D eigenvalue weighted by Crippen LogP contribution is -2.60. The molecular weight excluding hydrogens is 660 g/mol. The van der Waals surface area contributed by atoms with Crippen molar-refractivity contribution in [1.29, 1.82) is 0 Å². The fourth-order valence-electron chi connectivity index (χ4n) is 6.37. The summed E-state index contributed by atoms with van der Waals surface area (Å²) >= 11 is 0. The third-order valence-corrected chi connectivity index (χ3v) is 11.4. The predicted octanol–water partition coefficient (Wildman–Crippen LogP) is 3.42. The molecule has 2 saturated carbocycles. The number of rotatable bonds is 6. The molecule has 2 bridgehead atoms. The Hall–Kier alpha value is -4.15. The zero-order chi connectivity index (χ0) is 36.1. The minimum atomic E-state index is -3.87. The van der Waals surface area contributed by atoms with E-state index < -0.39 is 74.1 Å². The van der Waals surface area contributed by atoms with Crippen LogP contribution in [0.25, 0.3) is 6.08 Å². The van der Waals surface area contributed by atoms with Crippen molar-refractivity contribution in [3.8, 4) is 11.8 Å². The number of cyclic esters (lactones) is 1. The van der Waals surface area contributed by atoms with E-state index in [0.29, 0.717) is 19.3 Å². The fourth-order valence-corrected chi connectivity index (χ4v) is 7.73. The Morgan fingerprint density at radius 1 is 1.14 bits per heavy atom. The molecule has 270 valence electrons. The highest BCUT2D eigenvalue weighted by atomic mass is 32.2. The van der Waals surface area contributed by atoms with Crippen LogP contribution in [0.3, 0.4) is 0 Å². The fraction of sp³-hybridized carbons (Fsp3) is 0.568. The van der Waals surface area contributed by atoms with Gasteiger partial charge in [0.15, 0.2) is 0 Å². The maximum absolute atomic E-state index is 14.3. The van der Waals surface area contributed by atoms with Gasteiger partial charge in [-0.15, -0.1) is 6.58 Å². The second-order valence-electron chi connectivity index (χ2n) is 14.6. The number of benzene rings is 1. The molecule has 2 heterocycles. The molecule has 5 rings (SSSR count).